The van der Waals surface area contributed by atoms with Crippen molar-refractivity contribution < 1.29 is 61.9 Å². The van der Waals surface area contributed by atoms with E-state index in [9.17, 15) is 38.3 Å². The number of aliphatic hydroxyl groups is 1. The van der Waals surface area contributed by atoms with Crippen molar-refractivity contribution in [1.82, 2.24) is 40.6 Å². The summed E-state index contributed by atoms with van der Waals surface area (Å²) >= 11 is 1.57. The lowest BCUT2D eigenvalue weighted by Crippen LogP contribution is -2.57. The number of thiazole rings is 1. The molecule has 6 amide bonds. The van der Waals surface area contributed by atoms with E-state index in [1.165, 1.54) is 23.1 Å². The molecule has 21 nitrogen and oxygen atoms in total. The van der Waals surface area contributed by atoms with Crippen molar-refractivity contribution in [2.24, 2.45) is 5.41 Å². The number of aliphatic hydroxyl groups excluding tert-OH is 1. The second kappa shape index (κ2) is 30.7. The highest BCUT2D eigenvalue weighted by atomic mass is 32.1. The molecule has 3 atom stereocenters. The zero-order chi connectivity index (χ0) is 58.8. The summed E-state index contributed by atoms with van der Waals surface area (Å²) < 4.78 is 41.9. The third-order valence-electron chi connectivity index (χ3n) is 14.6. The molecule has 3 aliphatic heterocycles. The van der Waals surface area contributed by atoms with Crippen LogP contribution in [-0.2, 0) is 54.2 Å². The molecule has 2 saturated heterocycles. The van der Waals surface area contributed by atoms with Gasteiger partial charge in [-0.15, -0.1) is 11.3 Å². The fourth-order valence-electron chi connectivity index (χ4n) is 10.00. The summed E-state index contributed by atoms with van der Waals surface area (Å²) in [7, 11) is 0. The zero-order valence-electron chi connectivity index (χ0n) is 48.0. The Balaban J connectivity index is 0.652. The van der Waals surface area contributed by atoms with Gasteiger partial charge in [-0.2, -0.15) is 0 Å². The monoisotopic (exact) mass is 1160 g/mol. The zero-order valence-corrected chi connectivity index (χ0v) is 48.8. The summed E-state index contributed by atoms with van der Waals surface area (Å²) in [5.74, 6) is -2.11. The Labute approximate surface area is 483 Å². The molecule has 0 saturated carbocycles. The first kappa shape index (κ1) is 63.1. The summed E-state index contributed by atoms with van der Waals surface area (Å²) in [6.07, 6.45) is 1.92. The van der Waals surface area contributed by atoms with Crippen LogP contribution in [0.4, 0.5) is 10.1 Å². The number of amides is 6. The van der Waals surface area contributed by atoms with Crippen LogP contribution in [-0.4, -0.2) is 195 Å². The van der Waals surface area contributed by atoms with E-state index in [1.807, 2.05) is 69.3 Å². The molecule has 6 N–H and O–H groups in total. The fourth-order valence-corrected chi connectivity index (χ4v) is 10.8. The van der Waals surface area contributed by atoms with Crippen molar-refractivity contribution in [2.45, 2.75) is 92.0 Å². The molecule has 23 heteroatoms. The lowest BCUT2D eigenvalue weighted by molar-refractivity contribution is -0.144. The fraction of sp³-hybridized carbons (Fsp3) is 0.542. The Morgan fingerprint density at radius 1 is 0.854 bits per heavy atom. The minimum atomic E-state index is -0.941. The van der Waals surface area contributed by atoms with E-state index >= 15 is 0 Å². The number of halogens is 1. The van der Waals surface area contributed by atoms with Gasteiger partial charge in [-0.1, -0.05) is 45.0 Å². The Morgan fingerprint density at radius 3 is 2.11 bits per heavy atom. The molecule has 7 rings (SSSR count). The minimum absolute atomic E-state index is 0.0144. The number of piperazine rings is 1. The number of aromatic nitrogens is 2. The number of anilines is 1. The Bertz CT molecular complexity index is 2840. The number of fused-ring (bicyclic) bond motifs is 1. The molecular weight excluding hydrogens is 1080 g/mol. The second-order valence-electron chi connectivity index (χ2n) is 21.7. The van der Waals surface area contributed by atoms with Crippen molar-refractivity contribution in [3.8, 4) is 10.4 Å². The lowest BCUT2D eigenvalue weighted by Gasteiger charge is -2.35. The molecule has 0 unspecified atom stereocenters. The maximum Gasteiger partial charge on any atom is 0.256 e. The molecule has 3 aliphatic rings. The first-order valence-corrected chi connectivity index (χ1v) is 29.0. The van der Waals surface area contributed by atoms with Crippen molar-refractivity contribution in [3.05, 3.63) is 93.1 Å². The van der Waals surface area contributed by atoms with Gasteiger partial charge in [0.1, 0.15) is 17.9 Å². The van der Waals surface area contributed by atoms with Crippen LogP contribution in [0, 0.1) is 32.0 Å². The third-order valence-corrected chi connectivity index (χ3v) is 15.5. The highest BCUT2D eigenvalue weighted by Crippen LogP contribution is 2.35. The van der Waals surface area contributed by atoms with Gasteiger partial charge in [0.05, 0.1) is 106 Å². The molecular formula is C59H80FN9O12S. The Kier molecular flexibility index (Phi) is 23.7. The second-order valence-corrected chi connectivity index (χ2v) is 22.6. The van der Waals surface area contributed by atoms with Gasteiger partial charge in [-0.25, -0.2) is 9.37 Å². The number of likely N-dealkylation sites (tertiary alicyclic amines) is 1. The number of β-amino-alcohol motifs (C(OH)–C–C–N with tert-alkyl or cyclic N) is 1. The maximum atomic E-state index is 14.0. The van der Waals surface area contributed by atoms with Gasteiger partial charge in [0.25, 0.3) is 11.8 Å². The van der Waals surface area contributed by atoms with E-state index in [1.54, 1.807) is 24.3 Å². The van der Waals surface area contributed by atoms with E-state index in [0.717, 1.165) is 47.8 Å². The van der Waals surface area contributed by atoms with Crippen LogP contribution in [0.3, 0.4) is 0 Å². The number of carbonyl (C=O) groups is 6. The predicted molar refractivity (Wildman–Crippen MR) is 308 cm³/mol. The molecule has 0 bridgehead atoms. The number of ether oxygens (including phenoxy) is 5. The van der Waals surface area contributed by atoms with Gasteiger partial charge in [-0.05, 0) is 80.1 Å². The number of hydrogen-bond acceptors (Lipinski definition) is 15. The van der Waals surface area contributed by atoms with Gasteiger partial charge in [0, 0.05) is 81.3 Å². The highest BCUT2D eigenvalue weighted by molar-refractivity contribution is 7.13. The molecule has 5 heterocycles. The van der Waals surface area contributed by atoms with Crippen LogP contribution in [0.2, 0.25) is 0 Å². The number of carbonyl (C=O) groups excluding carboxylic acids is 6. The van der Waals surface area contributed by atoms with Crippen LogP contribution in [0.25, 0.3) is 22.1 Å². The Hall–Kier alpha value is -6.44. The summed E-state index contributed by atoms with van der Waals surface area (Å²) in [5.41, 5.74) is 7.87. The summed E-state index contributed by atoms with van der Waals surface area (Å²) in [6.45, 7) is 18.5. The number of nitrogens with zero attached hydrogens (tertiary/aromatic N) is 4. The van der Waals surface area contributed by atoms with Crippen molar-refractivity contribution >= 4 is 64.1 Å². The van der Waals surface area contributed by atoms with Crippen LogP contribution in [0.5, 0.6) is 0 Å². The summed E-state index contributed by atoms with van der Waals surface area (Å²) in [4.78, 5) is 93.2. The highest BCUT2D eigenvalue weighted by Gasteiger charge is 2.44. The SMILES string of the molecule is Cc1ncsc1-c1ccc(CNC(=O)[C@@H]2C[C@@H](O)CN2C(=O)[C@@H](NC(=O)CCOCCOCCOCCOCCOCCC(=O)N2CCN(CCCNC(=O)c3c(C)[nH]c(/C=C4\C(=O)Nc5ccc(F)cc54)c3C)CC2)C(C)(C)C)cc1. The quantitative estimate of drug-likeness (QED) is 0.0308. The van der Waals surface area contributed by atoms with Gasteiger partial charge in [0.15, 0.2) is 0 Å². The van der Waals surface area contributed by atoms with Gasteiger partial charge in [0.2, 0.25) is 23.6 Å². The van der Waals surface area contributed by atoms with Crippen LogP contribution in [0.1, 0.15) is 90.6 Å². The largest absolute Gasteiger partial charge is 0.391 e. The minimum Gasteiger partial charge on any atom is -0.391 e. The first-order valence-electron chi connectivity index (χ1n) is 28.1. The van der Waals surface area contributed by atoms with Crippen molar-refractivity contribution in [2.75, 3.05) is 117 Å². The van der Waals surface area contributed by atoms with Crippen molar-refractivity contribution in [1.29, 1.82) is 0 Å². The number of H-pyrrole nitrogens is 1. The molecule has 2 aromatic heterocycles. The molecule has 2 aromatic carbocycles. The molecule has 0 radical (unpaired) electrons. The van der Waals surface area contributed by atoms with Crippen LogP contribution < -0.4 is 21.3 Å². The van der Waals surface area contributed by atoms with Crippen molar-refractivity contribution in [3.63, 3.8) is 0 Å². The van der Waals surface area contributed by atoms with Gasteiger partial charge < -0.3 is 64.8 Å². The predicted octanol–water partition coefficient (Wildman–Crippen LogP) is 4.63. The van der Waals surface area contributed by atoms with Crippen LogP contribution in [0.15, 0.2) is 48.0 Å². The number of rotatable bonds is 30. The van der Waals surface area contributed by atoms with E-state index in [4.69, 9.17) is 23.7 Å². The molecule has 2 fully saturated rings. The smallest absolute Gasteiger partial charge is 0.256 e. The summed E-state index contributed by atoms with van der Waals surface area (Å²) in [6, 6.07) is 10.2. The number of aryl methyl sites for hydroxylation is 2. The number of benzene rings is 2. The molecule has 0 spiro atoms. The van der Waals surface area contributed by atoms with Gasteiger partial charge >= 0.3 is 0 Å². The first-order chi connectivity index (χ1) is 39.4. The average Bonchev–Trinajstić information content (AvgIpc) is 4.00. The number of nitrogens with one attached hydrogen (secondary N) is 5. The van der Waals surface area contributed by atoms with E-state index in [2.05, 4.69) is 36.1 Å². The molecule has 446 valence electrons. The topological polar surface area (TPSA) is 255 Å². The normalized spacial score (nSPS) is 17.3. The van der Waals surface area contributed by atoms with E-state index in [0.29, 0.717) is 112 Å². The molecule has 0 aliphatic carbocycles. The Morgan fingerprint density at radius 2 is 1.49 bits per heavy atom. The third kappa shape index (κ3) is 18.0. The summed E-state index contributed by atoms with van der Waals surface area (Å²) in [5, 5.41) is 22.1. The van der Waals surface area contributed by atoms with E-state index in [-0.39, 0.29) is 75.1 Å². The lowest BCUT2D eigenvalue weighted by atomic mass is 9.85. The number of hydrogen-bond donors (Lipinski definition) is 6. The van der Waals surface area contributed by atoms with E-state index < -0.39 is 35.3 Å². The maximum absolute atomic E-state index is 14.0. The number of aromatic amines is 1. The van der Waals surface area contributed by atoms with Crippen LogP contribution >= 0.6 is 11.3 Å². The van der Waals surface area contributed by atoms with Gasteiger partial charge in [-0.3, -0.25) is 33.7 Å². The average molecular weight is 1160 g/mol. The molecule has 4 aromatic rings. The standard InChI is InChI=1S/C59H80FN9O12S/c1-38-48(34-46-45-32-43(60)12-13-47(45)65-55(46)73)64-39(2)52(38)57(75)61-16-7-17-67-18-20-68(21-19-67)51(72)15-23-78-25-27-80-29-31-81-30-28-79-26-24-77-22-14-50(71)66-54(59(4,5)6)58(76)69-36-44(70)33-49(69)56(74)62-35-41-8-10-42(11-9-41)53-40(3)63-37-82-53/h8-13,32,34,37,44,49,54,64,70H,7,14-31,33,35-36H2,1-6H3,(H,61,75)(H,62,74)(H,65,73)(H,66,71)/b46-34-/t44-,49+,54-/m1/s1. The molecule has 82 heavy (non-hydrogen) atoms.